The van der Waals surface area contributed by atoms with E-state index in [9.17, 15) is 4.79 Å². The van der Waals surface area contributed by atoms with Crippen LogP contribution in [0.15, 0.2) is 12.1 Å². The van der Waals surface area contributed by atoms with Gasteiger partial charge in [0.15, 0.2) is 0 Å². The van der Waals surface area contributed by atoms with Gasteiger partial charge >= 0.3 is 5.97 Å². The van der Waals surface area contributed by atoms with Gasteiger partial charge in [0.1, 0.15) is 5.82 Å². The highest BCUT2D eigenvalue weighted by Crippen LogP contribution is 2.26. The van der Waals surface area contributed by atoms with Crippen molar-refractivity contribution in [1.29, 1.82) is 0 Å². The lowest BCUT2D eigenvalue weighted by atomic mass is 9.87. The van der Waals surface area contributed by atoms with Gasteiger partial charge in [0.25, 0.3) is 0 Å². The summed E-state index contributed by atoms with van der Waals surface area (Å²) in [5.41, 5.74) is 1.04. The fraction of sp³-hybridized carbons (Fsp3) is 0.571. The fourth-order valence-electron chi connectivity index (χ4n) is 2.64. The first-order valence-corrected chi connectivity index (χ1v) is 6.53. The summed E-state index contributed by atoms with van der Waals surface area (Å²) in [6, 6.07) is 3.63. The predicted octanol–water partition coefficient (Wildman–Crippen LogP) is 3.08. The molecule has 0 spiro atoms. The SMILES string of the molecule is Cc1cc(C(=O)O)cc(NC2CCCC(C)C2)n1. The van der Waals surface area contributed by atoms with Crippen molar-refractivity contribution in [3.8, 4) is 0 Å². The maximum Gasteiger partial charge on any atom is 0.335 e. The average molecular weight is 248 g/mol. The fourth-order valence-corrected chi connectivity index (χ4v) is 2.64. The van der Waals surface area contributed by atoms with Crippen LogP contribution in [0, 0.1) is 12.8 Å². The molecular formula is C14H20N2O2. The van der Waals surface area contributed by atoms with Crippen molar-refractivity contribution in [2.75, 3.05) is 5.32 Å². The summed E-state index contributed by atoms with van der Waals surface area (Å²) < 4.78 is 0. The predicted molar refractivity (Wildman–Crippen MR) is 71.0 cm³/mol. The van der Waals surface area contributed by atoms with Gasteiger partial charge in [-0.15, -0.1) is 0 Å². The van der Waals surface area contributed by atoms with Gasteiger partial charge in [-0.05, 0) is 37.8 Å². The number of hydrogen-bond donors (Lipinski definition) is 2. The summed E-state index contributed by atoms with van der Waals surface area (Å²) in [4.78, 5) is 15.4. The maximum absolute atomic E-state index is 11.0. The van der Waals surface area contributed by atoms with Crippen molar-refractivity contribution in [1.82, 2.24) is 4.98 Å². The van der Waals surface area contributed by atoms with Crippen molar-refractivity contribution >= 4 is 11.8 Å². The van der Waals surface area contributed by atoms with E-state index in [1.807, 2.05) is 6.92 Å². The number of pyridine rings is 1. The van der Waals surface area contributed by atoms with Crippen LogP contribution >= 0.6 is 0 Å². The van der Waals surface area contributed by atoms with Crippen molar-refractivity contribution in [3.63, 3.8) is 0 Å². The molecule has 1 aliphatic carbocycles. The van der Waals surface area contributed by atoms with Crippen molar-refractivity contribution in [2.24, 2.45) is 5.92 Å². The van der Waals surface area contributed by atoms with Gasteiger partial charge in [-0.1, -0.05) is 19.8 Å². The Balaban J connectivity index is 2.10. The Morgan fingerprint density at radius 3 is 2.89 bits per heavy atom. The molecule has 98 valence electrons. The largest absolute Gasteiger partial charge is 0.478 e. The van der Waals surface area contributed by atoms with Crippen molar-refractivity contribution in [3.05, 3.63) is 23.4 Å². The van der Waals surface area contributed by atoms with Crippen LogP contribution in [-0.4, -0.2) is 22.1 Å². The van der Waals surface area contributed by atoms with Crippen LogP contribution in [0.3, 0.4) is 0 Å². The van der Waals surface area contributed by atoms with E-state index in [2.05, 4.69) is 17.2 Å². The first-order valence-electron chi connectivity index (χ1n) is 6.53. The minimum atomic E-state index is -0.902. The summed E-state index contributed by atoms with van der Waals surface area (Å²) in [6.45, 7) is 4.08. The average Bonchev–Trinajstić information content (AvgIpc) is 2.28. The first kappa shape index (κ1) is 12.9. The molecule has 1 aliphatic rings. The smallest absolute Gasteiger partial charge is 0.335 e. The van der Waals surface area contributed by atoms with Gasteiger partial charge in [0.2, 0.25) is 0 Å². The number of nitrogens with one attached hydrogen (secondary N) is 1. The van der Waals surface area contributed by atoms with E-state index >= 15 is 0 Å². The van der Waals surface area contributed by atoms with Crippen molar-refractivity contribution in [2.45, 2.75) is 45.6 Å². The zero-order chi connectivity index (χ0) is 13.1. The molecule has 4 nitrogen and oxygen atoms in total. The lowest BCUT2D eigenvalue weighted by Gasteiger charge is -2.28. The molecule has 0 radical (unpaired) electrons. The molecule has 2 N–H and O–H groups in total. The zero-order valence-corrected chi connectivity index (χ0v) is 10.9. The van der Waals surface area contributed by atoms with E-state index in [4.69, 9.17) is 5.11 Å². The quantitative estimate of drug-likeness (QED) is 0.863. The second-order valence-corrected chi connectivity index (χ2v) is 5.30. The Bertz CT molecular complexity index is 445. The molecule has 18 heavy (non-hydrogen) atoms. The zero-order valence-electron chi connectivity index (χ0n) is 10.9. The number of carboxylic acids is 1. The summed E-state index contributed by atoms with van der Waals surface area (Å²) in [7, 11) is 0. The van der Waals surface area contributed by atoms with Gasteiger partial charge in [-0.2, -0.15) is 0 Å². The highest BCUT2D eigenvalue weighted by Gasteiger charge is 2.19. The van der Waals surface area contributed by atoms with Crippen LogP contribution in [-0.2, 0) is 0 Å². The highest BCUT2D eigenvalue weighted by atomic mass is 16.4. The van der Waals surface area contributed by atoms with E-state index in [1.165, 1.54) is 12.8 Å². The van der Waals surface area contributed by atoms with Crippen LogP contribution in [0.4, 0.5) is 5.82 Å². The molecule has 1 saturated carbocycles. The molecule has 1 aromatic rings. The number of nitrogens with zero attached hydrogens (tertiary/aromatic N) is 1. The second-order valence-electron chi connectivity index (χ2n) is 5.30. The van der Waals surface area contributed by atoms with Gasteiger partial charge in [0.05, 0.1) is 5.56 Å². The number of anilines is 1. The van der Waals surface area contributed by atoms with E-state index in [0.29, 0.717) is 17.4 Å². The van der Waals surface area contributed by atoms with E-state index in [1.54, 1.807) is 12.1 Å². The Morgan fingerprint density at radius 1 is 1.44 bits per heavy atom. The number of rotatable bonds is 3. The number of aryl methyl sites for hydroxylation is 1. The topological polar surface area (TPSA) is 62.2 Å². The molecule has 1 heterocycles. The third-order valence-electron chi connectivity index (χ3n) is 3.49. The molecular weight excluding hydrogens is 228 g/mol. The summed E-state index contributed by atoms with van der Waals surface area (Å²) >= 11 is 0. The standard InChI is InChI=1S/C14H20N2O2/c1-9-4-3-5-12(6-9)16-13-8-11(14(17)18)7-10(2)15-13/h7-9,12H,3-6H2,1-2H3,(H,15,16)(H,17,18). The van der Waals surface area contributed by atoms with E-state index in [-0.39, 0.29) is 0 Å². The lowest BCUT2D eigenvalue weighted by Crippen LogP contribution is -2.26. The van der Waals surface area contributed by atoms with Gasteiger partial charge in [0, 0.05) is 11.7 Å². The molecule has 1 aromatic heterocycles. The second kappa shape index (κ2) is 5.38. The van der Waals surface area contributed by atoms with Crippen LogP contribution < -0.4 is 5.32 Å². The molecule has 2 unspecified atom stereocenters. The lowest BCUT2D eigenvalue weighted by molar-refractivity contribution is 0.0696. The molecule has 0 amide bonds. The molecule has 2 rings (SSSR count). The minimum absolute atomic E-state index is 0.300. The van der Waals surface area contributed by atoms with Crippen LogP contribution in [0.5, 0.6) is 0 Å². The Morgan fingerprint density at radius 2 is 2.22 bits per heavy atom. The molecule has 2 atom stereocenters. The molecule has 1 fully saturated rings. The van der Waals surface area contributed by atoms with E-state index in [0.717, 1.165) is 24.5 Å². The monoisotopic (exact) mass is 248 g/mol. The molecule has 0 saturated heterocycles. The number of aromatic carboxylic acids is 1. The van der Waals surface area contributed by atoms with E-state index < -0.39 is 5.97 Å². The first-order chi connectivity index (χ1) is 8.54. The Kier molecular flexibility index (Phi) is 3.84. The third-order valence-corrected chi connectivity index (χ3v) is 3.49. The summed E-state index contributed by atoms with van der Waals surface area (Å²) in [5, 5.41) is 12.4. The molecule has 4 heteroatoms. The summed E-state index contributed by atoms with van der Waals surface area (Å²) in [6.07, 6.45) is 4.80. The van der Waals surface area contributed by atoms with Crippen LogP contribution in [0.1, 0.15) is 48.7 Å². The minimum Gasteiger partial charge on any atom is -0.478 e. The number of carboxylic acid groups (broad SMARTS) is 1. The maximum atomic E-state index is 11.0. The Labute approximate surface area is 107 Å². The van der Waals surface area contributed by atoms with Gasteiger partial charge in [-0.25, -0.2) is 9.78 Å². The molecule has 0 bridgehead atoms. The van der Waals surface area contributed by atoms with Crippen molar-refractivity contribution < 1.29 is 9.90 Å². The number of hydrogen-bond acceptors (Lipinski definition) is 3. The third kappa shape index (κ3) is 3.22. The van der Waals surface area contributed by atoms with Gasteiger partial charge < -0.3 is 10.4 Å². The molecule has 0 aliphatic heterocycles. The van der Waals surface area contributed by atoms with Crippen LogP contribution in [0.25, 0.3) is 0 Å². The number of aromatic nitrogens is 1. The normalized spacial score (nSPS) is 23.7. The summed E-state index contributed by atoms with van der Waals surface area (Å²) in [5.74, 6) is 0.520. The number of carbonyl (C=O) groups is 1. The highest BCUT2D eigenvalue weighted by molar-refractivity contribution is 5.88. The van der Waals surface area contributed by atoms with Gasteiger partial charge in [-0.3, -0.25) is 0 Å². The Hall–Kier alpha value is -1.58. The van der Waals surface area contributed by atoms with Crippen LogP contribution in [0.2, 0.25) is 0 Å². The molecule has 0 aromatic carbocycles.